The van der Waals surface area contributed by atoms with Gasteiger partial charge in [-0.3, -0.25) is 19.0 Å². The van der Waals surface area contributed by atoms with Crippen LogP contribution in [-0.2, 0) is 17.9 Å². The third-order valence-corrected chi connectivity index (χ3v) is 2.97. The summed E-state index contributed by atoms with van der Waals surface area (Å²) >= 11 is 0. The highest BCUT2D eigenvalue weighted by molar-refractivity contribution is 6.03. The van der Waals surface area contributed by atoms with Crippen molar-refractivity contribution in [3.8, 4) is 0 Å². The molecule has 0 fully saturated rings. The largest absolute Gasteiger partial charge is 0.481 e. The highest BCUT2D eigenvalue weighted by Crippen LogP contribution is 2.10. The molecular formula is C13H17N5O3. The second-order valence-electron chi connectivity index (χ2n) is 4.58. The number of nitrogens with zero attached hydrogens (tertiary/aromatic N) is 4. The molecule has 2 rings (SSSR count). The average molecular weight is 291 g/mol. The van der Waals surface area contributed by atoms with E-state index in [4.69, 9.17) is 5.11 Å². The van der Waals surface area contributed by atoms with Crippen LogP contribution in [0.1, 0.15) is 29.4 Å². The van der Waals surface area contributed by atoms with Crippen LogP contribution in [0.3, 0.4) is 0 Å². The molecule has 0 bridgehead atoms. The van der Waals surface area contributed by atoms with Crippen LogP contribution < -0.4 is 5.32 Å². The van der Waals surface area contributed by atoms with Crippen LogP contribution >= 0.6 is 0 Å². The fourth-order valence-corrected chi connectivity index (χ4v) is 1.89. The van der Waals surface area contributed by atoms with Crippen molar-refractivity contribution in [2.75, 3.05) is 5.32 Å². The summed E-state index contributed by atoms with van der Waals surface area (Å²) in [6, 6.07) is 1.79. The monoisotopic (exact) mass is 291 g/mol. The summed E-state index contributed by atoms with van der Waals surface area (Å²) in [6.07, 6.45) is 2.88. The minimum atomic E-state index is -0.905. The van der Waals surface area contributed by atoms with Gasteiger partial charge in [0.25, 0.3) is 5.91 Å². The zero-order valence-corrected chi connectivity index (χ0v) is 11.9. The lowest BCUT2D eigenvalue weighted by atomic mass is 10.3. The maximum Gasteiger partial charge on any atom is 0.305 e. The molecule has 0 radical (unpaired) electrons. The lowest BCUT2D eigenvalue weighted by Gasteiger charge is -1.99. The molecule has 0 spiro atoms. The number of anilines is 1. The maximum absolute atomic E-state index is 12.0. The number of carbonyl (C=O) groups excluding carboxylic acids is 1. The minimum absolute atomic E-state index is 0.0388. The highest BCUT2D eigenvalue weighted by Gasteiger charge is 2.12. The van der Waals surface area contributed by atoms with E-state index < -0.39 is 5.97 Å². The number of aromatic nitrogens is 4. The summed E-state index contributed by atoms with van der Waals surface area (Å²) < 4.78 is 3.21. The van der Waals surface area contributed by atoms with Gasteiger partial charge in [0.1, 0.15) is 0 Å². The number of aliphatic carboxylic acids is 1. The molecule has 2 heterocycles. The van der Waals surface area contributed by atoms with Crippen molar-refractivity contribution in [1.29, 1.82) is 0 Å². The molecule has 8 heteroatoms. The Morgan fingerprint density at radius 1 is 1.43 bits per heavy atom. The predicted octanol–water partition coefficient (Wildman–Crippen LogP) is 1.13. The van der Waals surface area contributed by atoms with Crippen molar-refractivity contribution >= 4 is 17.7 Å². The molecule has 0 atom stereocenters. The zero-order valence-electron chi connectivity index (χ0n) is 11.9. The van der Waals surface area contributed by atoms with Crippen LogP contribution in [-0.4, -0.2) is 36.5 Å². The smallest absolute Gasteiger partial charge is 0.305 e. The molecule has 0 aromatic carbocycles. The fraction of sp³-hybridized carbons (Fsp3) is 0.385. The predicted molar refractivity (Wildman–Crippen MR) is 75.1 cm³/mol. The Balaban J connectivity index is 2.01. The van der Waals surface area contributed by atoms with Crippen LogP contribution in [0.5, 0.6) is 0 Å². The van der Waals surface area contributed by atoms with Gasteiger partial charge in [-0.1, -0.05) is 0 Å². The van der Waals surface area contributed by atoms with Crippen molar-refractivity contribution < 1.29 is 14.7 Å². The first kappa shape index (κ1) is 14.8. The van der Waals surface area contributed by atoms with Crippen LogP contribution in [0.4, 0.5) is 5.82 Å². The van der Waals surface area contributed by atoms with E-state index in [2.05, 4.69) is 15.5 Å². The van der Waals surface area contributed by atoms with Crippen LogP contribution in [0.25, 0.3) is 0 Å². The third kappa shape index (κ3) is 3.68. The Morgan fingerprint density at radius 2 is 2.19 bits per heavy atom. The molecule has 2 aromatic heterocycles. The summed E-state index contributed by atoms with van der Waals surface area (Å²) in [7, 11) is 0. The Kier molecular flexibility index (Phi) is 4.36. The molecule has 21 heavy (non-hydrogen) atoms. The van der Waals surface area contributed by atoms with Crippen molar-refractivity contribution in [2.24, 2.45) is 0 Å². The van der Waals surface area contributed by atoms with E-state index in [1.165, 1.54) is 17.1 Å². The number of carboxylic acid groups (broad SMARTS) is 1. The summed E-state index contributed by atoms with van der Waals surface area (Å²) in [5.74, 6) is -0.743. The number of hydrogen-bond donors (Lipinski definition) is 2. The van der Waals surface area contributed by atoms with E-state index in [0.29, 0.717) is 11.4 Å². The van der Waals surface area contributed by atoms with Crippen molar-refractivity contribution in [3.63, 3.8) is 0 Å². The van der Waals surface area contributed by atoms with Gasteiger partial charge < -0.3 is 10.4 Å². The van der Waals surface area contributed by atoms with Crippen LogP contribution in [0.15, 0.2) is 18.5 Å². The molecule has 1 amide bonds. The SMILES string of the molecule is CCn1nc(NC(=O)c2cnn(CCC(=O)O)c2)cc1C. The van der Waals surface area contributed by atoms with E-state index in [9.17, 15) is 9.59 Å². The van der Waals surface area contributed by atoms with E-state index >= 15 is 0 Å². The molecule has 0 aliphatic rings. The highest BCUT2D eigenvalue weighted by atomic mass is 16.4. The van der Waals surface area contributed by atoms with E-state index in [1.54, 1.807) is 10.7 Å². The topological polar surface area (TPSA) is 102 Å². The molecule has 0 saturated heterocycles. The lowest BCUT2D eigenvalue weighted by molar-refractivity contribution is -0.137. The summed E-state index contributed by atoms with van der Waals surface area (Å²) in [5.41, 5.74) is 1.33. The second kappa shape index (κ2) is 6.21. The van der Waals surface area contributed by atoms with Gasteiger partial charge in [0.2, 0.25) is 0 Å². The molecule has 0 aliphatic heterocycles. The van der Waals surface area contributed by atoms with Crippen molar-refractivity contribution in [1.82, 2.24) is 19.6 Å². The Bertz CT molecular complexity index is 659. The minimum Gasteiger partial charge on any atom is -0.481 e. The normalized spacial score (nSPS) is 10.6. The first-order valence-corrected chi connectivity index (χ1v) is 6.59. The van der Waals surface area contributed by atoms with Gasteiger partial charge in [-0.25, -0.2) is 0 Å². The van der Waals surface area contributed by atoms with E-state index in [0.717, 1.165) is 12.2 Å². The molecule has 2 N–H and O–H groups in total. The van der Waals surface area contributed by atoms with Gasteiger partial charge in [0.15, 0.2) is 5.82 Å². The van der Waals surface area contributed by atoms with Gasteiger partial charge in [-0.2, -0.15) is 10.2 Å². The number of carboxylic acids is 1. The Labute approximate surface area is 121 Å². The molecule has 2 aromatic rings. The van der Waals surface area contributed by atoms with E-state index in [1.807, 2.05) is 13.8 Å². The first-order chi connectivity index (χ1) is 9.99. The standard InChI is InChI=1S/C13H17N5O3/c1-3-18-9(2)6-11(16-18)15-13(21)10-7-14-17(8-10)5-4-12(19)20/h6-8H,3-5H2,1-2H3,(H,19,20)(H,15,16,21). The number of hydrogen-bond acceptors (Lipinski definition) is 4. The first-order valence-electron chi connectivity index (χ1n) is 6.59. The van der Waals surface area contributed by atoms with Gasteiger partial charge >= 0.3 is 5.97 Å². The second-order valence-corrected chi connectivity index (χ2v) is 4.58. The Hall–Kier alpha value is -2.64. The number of aryl methyl sites for hydroxylation is 3. The molecule has 0 saturated carbocycles. The van der Waals surface area contributed by atoms with Gasteiger partial charge in [-0.05, 0) is 13.8 Å². The third-order valence-electron chi connectivity index (χ3n) is 2.97. The number of rotatable bonds is 6. The Morgan fingerprint density at radius 3 is 2.81 bits per heavy atom. The zero-order chi connectivity index (χ0) is 15.4. The molecule has 0 aliphatic carbocycles. The lowest BCUT2D eigenvalue weighted by Crippen LogP contribution is -2.12. The van der Waals surface area contributed by atoms with Gasteiger partial charge in [0.05, 0.1) is 24.7 Å². The average Bonchev–Trinajstić information content (AvgIpc) is 3.03. The number of amides is 1. The fourth-order valence-electron chi connectivity index (χ4n) is 1.89. The van der Waals surface area contributed by atoms with Crippen LogP contribution in [0, 0.1) is 6.92 Å². The summed E-state index contributed by atoms with van der Waals surface area (Å²) in [5, 5.41) is 19.5. The quantitative estimate of drug-likeness (QED) is 0.830. The summed E-state index contributed by atoms with van der Waals surface area (Å²) in [4.78, 5) is 22.5. The number of carbonyl (C=O) groups is 2. The molecule has 112 valence electrons. The van der Waals surface area contributed by atoms with Crippen LogP contribution in [0.2, 0.25) is 0 Å². The van der Waals surface area contributed by atoms with Gasteiger partial charge in [-0.15, -0.1) is 0 Å². The number of nitrogens with one attached hydrogen (secondary N) is 1. The molecular weight excluding hydrogens is 274 g/mol. The van der Waals surface area contributed by atoms with E-state index in [-0.39, 0.29) is 18.9 Å². The van der Waals surface area contributed by atoms with Crippen molar-refractivity contribution in [3.05, 3.63) is 29.7 Å². The summed E-state index contributed by atoms with van der Waals surface area (Å²) in [6.45, 7) is 4.84. The maximum atomic E-state index is 12.0. The molecule has 0 unspecified atom stereocenters. The van der Waals surface area contributed by atoms with Crippen molar-refractivity contribution in [2.45, 2.75) is 33.4 Å². The molecule has 8 nitrogen and oxygen atoms in total. The van der Waals surface area contributed by atoms with Gasteiger partial charge in [0, 0.05) is 24.5 Å².